The number of hydrogen-bond donors (Lipinski definition) is 0. The summed E-state index contributed by atoms with van der Waals surface area (Å²) in [5.74, 6) is 0.513. The highest BCUT2D eigenvalue weighted by Gasteiger charge is 2.30. The lowest BCUT2D eigenvalue weighted by Crippen LogP contribution is -2.50. The zero-order valence-electron chi connectivity index (χ0n) is 20.4. The van der Waals surface area contributed by atoms with Crippen molar-refractivity contribution in [3.63, 3.8) is 0 Å². The minimum Gasteiger partial charge on any atom is -0.459 e. The molecule has 182 valence electrons. The molecule has 1 fully saturated rings. The lowest BCUT2D eigenvalue weighted by Gasteiger charge is -2.34. The van der Waals surface area contributed by atoms with E-state index in [4.69, 9.17) is 4.42 Å². The summed E-state index contributed by atoms with van der Waals surface area (Å²) in [7, 11) is 0. The molecule has 6 heteroatoms. The van der Waals surface area contributed by atoms with Crippen molar-refractivity contribution in [1.82, 2.24) is 9.80 Å². The maximum absolute atomic E-state index is 13.3. The third kappa shape index (κ3) is 5.11. The smallest absolute Gasteiger partial charge is 0.290 e. The van der Waals surface area contributed by atoms with Gasteiger partial charge in [-0.3, -0.25) is 9.59 Å². The van der Waals surface area contributed by atoms with E-state index in [-0.39, 0.29) is 11.8 Å². The topological polar surface area (TPSA) is 57.0 Å². The predicted octanol–water partition coefficient (Wildman–Crippen LogP) is 4.54. The van der Waals surface area contributed by atoms with Gasteiger partial charge < -0.3 is 19.1 Å². The zero-order chi connectivity index (χ0) is 24.2. The fourth-order valence-electron chi connectivity index (χ4n) is 5.25. The van der Waals surface area contributed by atoms with E-state index in [9.17, 15) is 9.59 Å². The van der Waals surface area contributed by atoms with E-state index in [0.717, 1.165) is 24.8 Å². The number of carbonyl (C=O) groups is 2. The molecule has 2 aromatic carbocycles. The van der Waals surface area contributed by atoms with Crippen LogP contribution in [0.5, 0.6) is 0 Å². The van der Waals surface area contributed by atoms with Gasteiger partial charge in [-0.1, -0.05) is 48.5 Å². The number of carbonyl (C=O) groups excluding carboxylic acids is 2. The first kappa shape index (κ1) is 23.2. The molecule has 1 aromatic heterocycles. The number of fused-ring (bicyclic) bond motifs is 1. The zero-order valence-corrected chi connectivity index (χ0v) is 20.4. The lowest BCUT2D eigenvalue weighted by molar-refractivity contribution is -0.132. The summed E-state index contributed by atoms with van der Waals surface area (Å²) in [6, 6.07) is 21.0. The quantitative estimate of drug-likeness (QED) is 0.508. The number of benzene rings is 2. The number of aryl methyl sites for hydroxylation is 1. The lowest BCUT2D eigenvalue weighted by atomic mass is 10.1. The number of furan rings is 1. The summed E-state index contributed by atoms with van der Waals surface area (Å²) in [5.41, 5.74) is 4.76. The van der Waals surface area contributed by atoms with Crippen molar-refractivity contribution in [1.29, 1.82) is 0 Å². The summed E-state index contributed by atoms with van der Waals surface area (Å²) in [4.78, 5) is 32.0. The van der Waals surface area contributed by atoms with Gasteiger partial charge in [0.2, 0.25) is 5.91 Å². The van der Waals surface area contributed by atoms with Gasteiger partial charge in [-0.05, 0) is 49.4 Å². The van der Waals surface area contributed by atoms with Crippen molar-refractivity contribution in [2.45, 2.75) is 45.2 Å². The highest BCUT2D eigenvalue weighted by Crippen LogP contribution is 2.33. The van der Waals surface area contributed by atoms with Gasteiger partial charge in [-0.2, -0.15) is 0 Å². The molecule has 2 aliphatic heterocycles. The van der Waals surface area contributed by atoms with Crippen molar-refractivity contribution < 1.29 is 14.0 Å². The number of piperazine rings is 1. The second kappa shape index (κ2) is 10.4. The Balaban J connectivity index is 1.14. The third-order valence-electron chi connectivity index (χ3n) is 7.25. The van der Waals surface area contributed by atoms with Gasteiger partial charge in [-0.25, -0.2) is 0 Å². The van der Waals surface area contributed by atoms with E-state index in [2.05, 4.69) is 48.2 Å². The maximum Gasteiger partial charge on any atom is 0.290 e. The van der Waals surface area contributed by atoms with Crippen molar-refractivity contribution in [2.75, 3.05) is 31.1 Å². The summed E-state index contributed by atoms with van der Waals surface area (Å²) in [6.45, 7) is 5.08. The van der Waals surface area contributed by atoms with Crippen molar-refractivity contribution >= 4 is 17.5 Å². The van der Waals surface area contributed by atoms with Crippen LogP contribution in [0.25, 0.3) is 0 Å². The first-order chi connectivity index (χ1) is 17.1. The van der Waals surface area contributed by atoms with Crippen LogP contribution in [0.15, 0.2) is 71.3 Å². The standard InChI is InChI=1S/C29H33N3O3/c1-22-20-24-11-5-6-12-26(24)32(22)21-25-14-19-35-28(25)29(34)31-17-15-30(16-18-31)27(33)13-7-10-23-8-3-2-4-9-23/h2-6,8-9,11-12,14,19,22H,7,10,13,15-18,20-21H2,1H3. The molecule has 6 nitrogen and oxygen atoms in total. The first-order valence-electron chi connectivity index (χ1n) is 12.6. The molecule has 35 heavy (non-hydrogen) atoms. The second-order valence-corrected chi connectivity index (χ2v) is 9.60. The predicted molar refractivity (Wildman–Crippen MR) is 136 cm³/mol. The molecular weight excluding hydrogens is 438 g/mol. The normalized spacial score (nSPS) is 17.5. The molecule has 1 atom stereocenters. The molecule has 2 amide bonds. The minimum absolute atomic E-state index is 0.0821. The summed E-state index contributed by atoms with van der Waals surface area (Å²) in [6.07, 6.45) is 4.92. The molecule has 2 aliphatic rings. The van der Waals surface area contributed by atoms with Crippen LogP contribution >= 0.6 is 0 Å². The highest BCUT2D eigenvalue weighted by molar-refractivity contribution is 5.93. The molecule has 0 bridgehead atoms. The summed E-state index contributed by atoms with van der Waals surface area (Å²) in [5, 5.41) is 0. The Morgan fingerprint density at radius 1 is 0.914 bits per heavy atom. The van der Waals surface area contributed by atoms with Crippen molar-refractivity contribution in [3.05, 3.63) is 89.4 Å². The maximum atomic E-state index is 13.3. The molecule has 0 saturated carbocycles. The van der Waals surface area contributed by atoms with E-state index in [1.54, 1.807) is 6.26 Å². The fraction of sp³-hybridized carbons (Fsp3) is 0.379. The number of amides is 2. The molecule has 5 rings (SSSR count). The van der Waals surface area contributed by atoms with Gasteiger partial charge in [0.25, 0.3) is 5.91 Å². The van der Waals surface area contributed by atoms with Crippen LogP contribution < -0.4 is 4.90 Å². The molecule has 3 heterocycles. The van der Waals surface area contributed by atoms with E-state index in [1.165, 1.54) is 16.8 Å². The first-order valence-corrected chi connectivity index (χ1v) is 12.6. The SMILES string of the molecule is CC1Cc2ccccc2N1Cc1ccoc1C(=O)N1CCN(C(=O)CCCc2ccccc2)CC1. The van der Waals surface area contributed by atoms with Crippen molar-refractivity contribution in [2.24, 2.45) is 0 Å². The minimum atomic E-state index is -0.0821. The molecule has 0 N–H and O–H groups in total. The summed E-state index contributed by atoms with van der Waals surface area (Å²) < 4.78 is 5.68. The molecule has 0 radical (unpaired) electrons. The number of anilines is 1. The van der Waals surface area contributed by atoms with E-state index >= 15 is 0 Å². The van der Waals surface area contributed by atoms with Gasteiger partial charge in [0.05, 0.1) is 6.26 Å². The van der Waals surface area contributed by atoms with Crippen LogP contribution in [-0.2, 0) is 24.2 Å². The van der Waals surface area contributed by atoms with E-state index < -0.39 is 0 Å². The van der Waals surface area contributed by atoms with Crippen LogP contribution in [0.4, 0.5) is 5.69 Å². The Kier molecular flexibility index (Phi) is 6.89. The van der Waals surface area contributed by atoms with Crippen LogP contribution in [0.3, 0.4) is 0 Å². The Hall–Kier alpha value is -3.54. The largest absolute Gasteiger partial charge is 0.459 e. The molecular formula is C29H33N3O3. The molecule has 3 aromatic rings. The van der Waals surface area contributed by atoms with E-state index in [1.807, 2.05) is 34.1 Å². The van der Waals surface area contributed by atoms with Gasteiger partial charge in [0.1, 0.15) is 0 Å². The van der Waals surface area contributed by atoms with Crippen LogP contribution in [-0.4, -0.2) is 53.8 Å². The van der Waals surface area contributed by atoms with Gasteiger partial charge in [0, 0.05) is 56.4 Å². The Morgan fingerprint density at radius 3 is 2.43 bits per heavy atom. The molecule has 0 aliphatic carbocycles. The number of nitrogens with zero attached hydrogens (tertiary/aromatic N) is 3. The van der Waals surface area contributed by atoms with Crippen LogP contribution in [0.2, 0.25) is 0 Å². The third-order valence-corrected chi connectivity index (χ3v) is 7.25. The highest BCUT2D eigenvalue weighted by atomic mass is 16.3. The Bertz CT molecular complexity index is 1160. The van der Waals surface area contributed by atoms with Gasteiger partial charge in [0.15, 0.2) is 5.76 Å². The van der Waals surface area contributed by atoms with E-state index in [0.29, 0.717) is 50.9 Å². The van der Waals surface area contributed by atoms with Crippen molar-refractivity contribution in [3.8, 4) is 0 Å². The monoisotopic (exact) mass is 471 g/mol. The average molecular weight is 472 g/mol. The number of rotatable bonds is 7. The average Bonchev–Trinajstić information content (AvgIpc) is 3.48. The van der Waals surface area contributed by atoms with Crippen LogP contribution in [0, 0.1) is 0 Å². The number of para-hydroxylation sites is 1. The fourth-order valence-corrected chi connectivity index (χ4v) is 5.25. The van der Waals surface area contributed by atoms with Crippen LogP contribution in [0.1, 0.15) is 47.0 Å². The molecule has 1 unspecified atom stereocenters. The van der Waals surface area contributed by atoms with Gasteiger partial charge in [-0.15, -0.1) is 0 Å². The molecule has 0 spiro atoms. The Labute approximate surface area is 207 Å². The Morgan fingerprint density at radius 2 is 1.63 bits per heavy atom. The summed E-state index contributed by atoms with van der Waals surface area (Å²) >= 11 is 0. The molecule has 1 saturated heterocycles. The van der Waals surface area contributed by atoms with Gasteiger partial charge >= 0.3 is 0 Å². The number of hydrogen-bond acceptors (Lipinski definition) is 4. The second-order valence-electron chi connectivity index (χ2n) is 9.60.